The first kappa shape index (κ1) is 19.4. The molecule has 3 fully saturated rings. The Morgan fingerprint density at radius 3 is 2.39 bits per heavy atom. The fourth-order valence-electron chi connectivity index (χ4n) is 4.43. The summed E-state index contributed by atoms with van der Waals surface area (Å²) in [6.45, 7) is 1.23. The minimum atomic E-state index is -4.40. The molecule has 2 saturated heterocycles. The van der Waals surface area contributed by atoms with Crippen molar-refractivity contribution in [2.45, 2.75) is 69.3 Å². The van der Waals surface area contributed by atoms with E-state index >= 15 is 0 Å². The molecule has 4 rings (SSSR count). The van der Waals surface area contributed by atoms with Gasteiger partial charge < -0.3 is 9.47 Å². The molecule has 0 radical (unpaired) electrons. The summed E-state index contributed by atoms with van der Waals surface area (Å²) in [6, 6.07) is 6.52. The maximum atomic E-state index is 13.1. The van der Waals surface area contributed by atoms with Gasteiger partial charge in [-0.3, -0.25) is 4.90 Å². The lowest BCUT2D eigenvalue weighted by Gasteiger charge is -2.38. The van der Waals surface area contributed by atoms with Crippen molar-refractivity contribution in [3.8, 4) is 17.6 Å². The number of alkyl halides is 3. The molecule has 4 nitrogen and oxygen atoms in total. The molecule has 28 heavy (non-hydrogen) atoms. The lowest BCUT2D eigenvalue weighted by molar-refractivity contribution is -0.137. The van der Waals surface area contributed by atoms with Crippen LogP contribution in [0.15, 0.2) is 18.2 Å². The third-order valence-electron chi connectivity index (χ3n) is 6.06. The van der Waals surface area contributed by atoms with Gasteiger partial charge in [0, 0.05) is 25.0 Å². The highest BCUT2D eigenvalue weighted by atomic mass is 19.4. The molecule has 152 valence electrons. The number of ether oxygens (including phenoxy) is 2. The van der Waals surface area contributed by atoms with E-state index in [1.165, 1.54) is 6.07 Å². The lowest BCUT2D eigenvalue weighted by atomic mass is 9.99. The van der Waals surface area contributed by atoms with Gasteiger partial charge in [-0.2, -0.15) is 18.4 Å². The van der Waals surface area contributed by atoms with Gasteiger partial charge in [0.15, 0.2) is 11.5 Å². The van der Waals surface area contributed by atoms with E-state index < -0.39 is 11.7 Å². The molecular formula is C21H25F3N2O2. The number of fused-ring (bicyclic) bond motifs is 2. The van der Waals surface area contributed by atoms with E-state index in [9.17, 15) is 13.2 Å². The van der Waals surface area contributed by atoms with Crippen LogP contribution in [-0.4, -0.2) is 36.2 Å². The number of rotatable bonds is 7. The van der Waals surface area contributed by atoms with E-state index in [1.807, 2.05) is 0 Å². The van der Waals surface area contributed by atoms with Gasteiger partial charge in [0.2, 0.25) is 0 Å². The maximum Gasteiger partial charge on any atom is 0.416 e. The van der Waals surface area contributed by atoms with E-state index in [0.717, 1.165) is 57.2 Å². The van der Waals surface area contributed by atoms with Crippen molar-refractivity contribution in [2.24, 2.45) is 5.92 Å². The second kappa shape index (κ2) is 7.82. The first-order valence-corrected chi connectivity index (χ1v) is 10.1. The van der Waals surface area contributed by atoms with E-state index in [1.54, 1.807) is 0 Å². The van der Waals surface area contributed by atoms with Crippen LogP contribution in [0.4, 0.5) is 13.2 Å². The minimum Gasteiger partial charge on any atom is -0.489 e. The Balaban J connectivity index is 1.46. The van der Waals surface area contributed by atoms with Crippen LogP contribution in [0.25, 0.3) is 0 Å². The average Bonchev–Trinajstić information content (AvgIpc) is 3.44. The summed E-state index contributed by atoms with van der Waals surface area (Å²) >= 11 is 0. The van der Waals surface area contributed by atoms with Crippen LogP contribution in [0.5, 0.6) is 11.5 Å². The standard InChI is InChI=1S/C21H25F3N2O2/c22-21(23,24)15-4-7-19(20(10-15)27-13-14-2-3-14)28-18-11-16-5-6-17(12-18)26(16)9-1-8-25/h4,7,10,14,16-18H,1-3,5-6,9,11-13H2/t16-,17+,18+. The largest absolute Gasteiger partial charge is 0.489 e. The fourth-order valence-corrected chi connectivity index (χ4v) is 4.43. The number of benzene rings is 1. The Morgan fingerprint density at radius 1 is 1.07 bits per heavy atom. The van der Waals surface area contributed by atoms with Crippen LogP contribution >= 0.6 is 0 Å². The van der Waals surface area contributed by atoms with Gasteiger partial charge in [-0.15, -0.1) is 0 Å². The number of hydrogen-bond acceptors (Lipinski definition) is 4. The van der Waals surface area contributed by atoms with Crippen molar-refractivity contribution < 1.29 is 22.6 Å². The van der Waals surface area contributed by atoms with Crippen molar-refractivity contribution in [1.82, 2.24) is 4.90 Å². The van der Waals surface area contributed by atoms with Crippen molar-refractivity contribution in [2.75, 3.05) is 13.2 Å². The number of piperidine rings is 1. The Kier molecular flexibility index (Phi) is 5.42. The first-order chi connectivity index (χ1) is 13.4. The summed E-state index contributed by atoms with van der Waals surface area (Å²) in [5.41, 5.74) is -0.711. The zero-order valence-electron chi connectivity index (χ0n) is 15.8. The summed E-state index contributed by atoms with van der Waals surface area (Å²) in [5, 5.41) is 8.85. The third-order valence-corrected chi connectivity index (χ3v) is 6.06. The molecule has 1 saturated carbocycles. The van der Waals surface area contributed by atoms with E-state index in [-0.39, 0.29) is 11.9 Å². The molecule has 0 aromatic heterocycles. The molecule has 0 amide bonds. The average molecular weight is 394 g/mol. The molecule has 1 aliphatic carbocycles. The van der Waals surface area contributed by atoms with Crippen LogP contribution in [0.1, 0.15) is 50.5 Å². The molecule has 3 atom stereocenters. The van der Waals surface area contributed by atoms with E-state index in [4.69, 9.17) is 14.7 Å². The molecule has 0 N–H and O–H groups in total. The molecule has 2 aliphatic heterocycles. The van der Waals surface area contributed by atoms with Gasteiger partial charge in [-0.1, -0.05) is 0 Å². The van der Waals surface area contributed by atoms with Gasteiger partial charge in [0.1, 0.15) is 6.10 Å². The first-order valence-electron chi connectivity index (χ1n) is 10.1. The molecule has 2 bridgehead atoms. The summed E-state index contributed by atoms with van der Waals surface area (Å²) in [4.78, 5) is 2.40. The van der Waals surface area contributed by atoms with Crippen LogP contribution in [-0.2, 0) is 6.18 Å². The summed E-state index contributed by atoms with van der Waals surface area (Å²) in [5.74, 6) is 1.05. The van der Waals surface area contributed by atoms with Crippen molar-refractivity contribution >= 4 is 0 Å². The molecule has 0 spiro atoms. The number of nitrogens with zero attached hydrogens (tertiary/aromatic N) is 2. The third kappa shape index (κ3) is 4.38. The van der Waals surface area contributed by atoms with Gasteiger partial charge in [0.25, 0.3) is 0 Å². The Hall–Kier alpha value is -1.94. The monoisotopic (exact) mass is 394 g/mol. The number of hydrogen-bond donors (Lipinski definition) is 0. The molecule has 0 unspecified atom stereocenters. The van der Waals surface area contributed by atoms with Gasteiger partial charge in [-0.05, 0) is 62.6 Å². The predicted octanol–water partition coefficient (Wildman–Crippen LogP) is 4.78. The zero-order valence-corrected chi connectivity index (χ0v) is 15.8. The Labute approximate surface area is 163 Å². The van der Waals surface area contributed by atoms with E-state index in [0.29, 0.717) is 36.8 Å². The zero-order chi connectivity index (χ0) is 19.7. The molecular weight excluding hydrogens is 369 g/mol. The van der Waals surface area contributed by atoms with Crippen LogP contribution in [0.2, 0.25) is 0 Å². The fraction of sp³-hybridized carbons (Fsp3) is 0.667. The van der Waals surface area contributed by atoms with Crippen molar-refractivity contribution in [3.63, 3.8) is 0 Å². The minimum absolute atomic E-state index is 0.0316. The highest BCUT2D eigenvalue weighted by Gasteiger charge is 2.41. The van der Waals surface area contributed by atoms with Gasteiger partial charge in [-0.25, -0.2) is 0 Å². The summed E-state index contributed by atoms with van der Waals surface area (Å²) in [6.07, 6.45) is 2.09. The van der Waals surface area contributed by atoms with Crippen molar-refractivity contribution in [1.29, 1.82) is 5.26 Å². The van der Waals surface area contributed by atoms with E-state index in [2.05, 4.69) is 11.0 Å². The predicted molar refractivity (Wildman–Crippen MR) is 97.1 cm³/mol. The van der Waals surface area contributed by atoms with Gasteiger partial charge >= 0.3 is 6.18 Å². The van der Waals surface area contributed by atoms with Gasteiger partial charge in [0.05, 0.1) is 18.2 Å². The van der Waals surface area contributed by atoms with Crippen LogP contribution in [0, 0.1) is 17.2 Å². The quantitative estimate of drug-likeness (QED) is 0.668. The highest BCUT2D eigenvalue weighted by Crippen LogP contribution is 2.41. The molecule has 1 aromatic rings. The Morgan fingerprint density at radius 2 is 1.79 bits per heavy atom. The van der Waals surface area contributed by atoms with Crippen molar-refractivity contribution in [3.05, 3.63) is 23.8 Å². The second-order valence-corrected chi connectivity index (χ2v) is 8.16. The topological polar surface area (TPSA) is 45.5 Å². The molecule has 1 aromatic carbocycles. The highest BCUT2D eigenvalue weighted by molar-refractivity contribution is 5.44. The molecule has 7 heteroatoms. The number of nitriles is 1. The molecule has 3 aliphatic rings. The van der Waals surface area contributed by atoms with Crippen LogP contribution in [0.3, 0.4) is 0 Å². The number of halogens is 3. The smallest absolute Gasteiger partial charge is 0.416 e. The lowest BCUT2D eigenvalue weighted by Crippen LogP contribution is -2.46. The maximum absolute atomic E-state index is 13.1. The Bertz CT molecular complexity index is 728. The molecule has 2 heterocycles. The summed E-state index contributed by atoms with van der Waals surface area (Å²) < 4.78 is 51.2. The SMILES string of the molecule is N#CCCN1[C@@H]2CC[C@H]1C[C@@H](Oc1ccc(C(F)(F)F)cc1OCC1CC1)C2. The normalized spacial score (nSPS) is 27.4. The summed E-state index contributed by atoms with van der Waals surface area (Å²) in [7, 11) is 0. The second-order valence-electron chi connectivity index (χ2n) is 8.16. The van der Waals surface area contributed by atoms with Crippen LogP contribution < -0.4 is 9.47 Å².